The number of rotatable bonds is 4. The molecule has 2 N–H and O–H groups in total. The number of amides is 1. The minimum atomic E-state index is -4.65. The van der Waals surface area contributed by atoms with Gasteiger partial charge in [0.25, 0.3) is 12.1 Å². The van der Waals surface area contributed by atoms with Gasteiger partial charge in [0.05, 0.1) is 11.1 Å². The normalized spacial score (nSPS) is 11.2. The molecular formula is C19H14F4N3O3+. The van der Waals surface area contributed by atoms with Crippen LogP contribution in [0, 0.1) is 12.7 Å². The van der Waals surface area contributed by atoms with E-state index in [0.29, 0.717) is 16.5 Å². The highest BCUT2D eigenvalue weighted by Gasteiger charge is 2.32. The molecule has 0 saturated carbocycles. The molecule has 6 nitrogen and oxygen atoms in total. The molecule has 0 spiro atoms. The number of aryl methyl sites for hydroxylation is 1. The Morgan fingerprint density at radius 3 is 2.55 bits per heavy atom. The van der Waals surface area contributed by atoms with Crippen molar-refractivity contribution in [1.82, 2.24) is 5.10 Å². The first-order valence-corrected chi connectivity index (χ1v) is 8.17. The number of nitrogens with one attached hydrogen (secondary N) is 1. The Hall–Kier alpha value is -3.69. The third kappa shape index (κ3) is 4.78. The van der Waals surface area contributed by atoms with E-state index in [0.717, 1.165) is 30.5 Å². The number of anilines is 1. The summed E-state index contributed by atoms with van der Waals surface area (Å²) < 4.78 is 58.2. The maximum absolute atomic E-state index is 13.3. The molecule has 3 aromatic rings. The van der Waals surface area contributed by atoms with Gasteiger partial charge in [-0.1, -0.05) is 0 Å². The molecule has 0 aliphatic heterocycles. The molecule has 1 amide bonds. The zero-order chi connectivity index (χ0) is 21.2. The molecule has 0 saturated heterocycles. The lowest BCUT2D eigenvalue weighted by molar-refractivity contribution is -0.948. The fraction of sp³-hybridized carbons (Fsp3) is 0.105. The van der Waals surface area contributed by atoms with Gasteiger partial charge in [-0.2, -0.15) is 13.2 Å². The molecule has 10 heteroatoms. The summed E-state index contributed by atoms with van der Waals surface area (Å²) in [5, 5.41) is 15.2. The first-order valence-electron chi connectivity index (χ1n) is 8.17. The third-order valence-corrected chi connectivity index (χ3v) is 3.86. The smallest absolute Gasteiger partial charge is 0.416 e. The van der Waals surface area contributed by atoms with Crippen molar-refractivity contribution < 1.29 is 37.1 Å². The fourth-order valence-electron chi connectivity index (χ4n) is 2.47. The summed E-state index contributed by atoms with van der Waals surface area (Å²) in [7, 11) is 0. The summed E-state index contributed by atoms with van der Waals surface area (Å²) in [6, 6.07) is 7.28. The van der Waals surface area contributed by atoms with E-state index in [4.69, 9.17) is 4.74 Å². The van der Waals surface area contributed by atoms with E-state index in [1.54, 1.807) is 0 Å². The molecule has 0 radical (unpaired) electrons. The van der Waals surface area contributed by atoms with E-state index in [9.17, 15) is 27.6 Å². The average Bonchev–Trinajstić information content (AvgIpc) is 2.63. The van der Waals surface area contributed by atoms with Crippen LogP contribution in [0.25, 0.3) is 0 Å². The van der Waals surface area contributed by atoms with Crippen LogP contribution in [-0.4, -0.2) is 16.2 Å². The second-order valence-electron chi connectivity index (χ2n) is 6.01. The van der Waals surface area contributed by atoms with Crippen molar-refractivity contribution in [3.8, 4) is 11.5 Å². The average molecular weight is 408 g/mol. The highest BCUT2D eigenvalue weighted by molar-refractivity contribution is 6.06. The van der Waals surface area contributed by atoms with Gasteiger partial charge in [0.1, 0.15) is 34.0 Å². The van der Waals surface area contributed by atoms with Crippen molar-refractivity contribution in [2.24, 2.45) is 0 Å². The van der Waals surface area contributed by atoms with Crippen LogP contribution in [0.2, 0.25) is 0 Å². The van der Waals surface area contributed by atoms with Crippen LogP contribution in [0.1, 0.15) is 21.5 Å². The zero-order valence-corrected chi connectivity index (χ0v) is 14.9. The summed E-state index contributed by atoms with van der Waals surface area (Å²) in [4.78, 5) is 13.1. The van der Waals surface area contributed by atoms with Crippen molar-refractivity contribution in [2.75, 3.05) is 5.32 Å². The van der Waals surface area contributed by atoms with Crippen LogP contribution >= 0.6 is 0 Å². The van der Waals surface area contributed by atoms with E-state index < -0.39 is 23.5 Å². The van der Waals surface area contributed by atoms with Crippen LogP contribution in [0.4, 0.5) is 23.2 Å². The van der Waals surface area contributed by atoms with E-state index >= 15 is 0 Å². The SMILES string of the molecule is Cc1cc(F)ccc1Oc1cc(C(F)(F)F)ccc1C(=O)Nc1ccn[n+](O)c1. The lowest BCUT2D eigenvalue weighted by Gasteiger charge is -2.15. The van der Waals surface area contributed by atoms with Crippen molar-refractivity contribution in [1.29, 1.82) is 0 Å². The van der Waals surface area contributed by atoms with Crippen LogP contribution in [0.15, 0.2) is 54.9 Å². The first-order chi connectivity index (χ1) is 13.6. The number of ether oxygens (including phenoxy) is 1. The van der Waals surface area contributed by atoms with E-state index in [-0.39, 0.29) is 22.7 Å². The lowest BCUT2D eigenvalue weighted by Crippen LogP contribution is -2.34. The van der Waals surface area contributed by atoms with Crippen molar-refractivity contribution in [2.45, 2.75) is 13.1 Å². The molecule has 1 aromatic heterocycles. The Morgan fingerprint density at radius 1 is 1.14 bits per heavy atom. The molecule has 29 heavy (non-hydrogen) atoms. The highest BCUT2D eigenvalue weighted by Crippen LogP contribution is 2.36. The Bertz CT molecular complexity index is 1070. The summed E-state index contributed by atoms with van der Waals surface area (Å²) in [5.74, 6) is -1.58. The van der Waals surface area contributed by atoms with Gasteiger partial charge >= 0.3 is 6.18 Å². The second kappa shape index (κ2) is 7.74. The van der Waals surface area contributed by atoms with Gasteiger partial charge in [0, 0.05) is 5.10 Å². The lowest BCUT2D eigenvalue weighted by atomic mass is 10.1. The molecule has 0 aliphatic carbocycles. The van der Waals surface area contributed by atoms with Gasteiger partial charge in [-0.05, 0) is 55.0 Å². The number of hydrogen-bond acceptors (Lipinski definition) is 4. The van der Waals surface area contributed by atoms with E-state index in [1.165, 1.54) is 25.3 Å². The van der Waals surface area contributed by atoms with Crippen LogP contribution in [0.5, 0.6) is 11.5 Å². The van der Waals surface area contributed by atoms with Crippen molar-refractivity contribution in [3.63, 3.8) is 0 Å². The summed E-state index contributed by atoms with van der Waals surface area (Å²) in [5.41, 5.74) is -0.718. The van der Waals surface area contributed by atoms with E-state index in [2.05, 4.69) is 10.4 Å². The van der Waals surface area contributed by atoms with Gasteiger partial charge in [0.2, 0.25) is 0 Å². The molecule has 0 aliphatic rings. The molecule has 1 heterocycles. The number of aromatic nitrogens is 2. The topological polar surface area (TPSA) is 75.3 Å². The van der Waals surface area contributed by atoms with Gasteiger partial charge in [-0.15, -0.1) is 0 Å². The summed E-state index contributed by atoms with van der Waals surface area (Å²) in [6.07, 6.45) is -2.35. The molecule has 0 unspecified atom stereocenters. The number of hydrogen-bond donors (Lipinski definition) is 2. The standard InChI is InChI=1S/C19H13F4N3O3/c1-11-8-13(20)3-5-16(11)29-17-9-12(19(21,22)23)2-4-15(17)18(27)25-14-6-7-24-26(28)10-14/h2-10H,1H3,(H-,24,25,27,28)/p+1. The monoisotopic (exact) mass is 408 g/mol. The Kier molecular flexibility index (Phi) is 5.35. The van der Waals surface area contributed by atoms with Crippen LogP contribution < -0.4 is 14.9 Å². The van der Waals surface area contributed by atoms with Gasteiger partial charge < -0.3 is 10.1 Å². The molecular weight excluding hydrogens is 394 g/mol. The Morgan fingerprint density at radius 2 is 1.90 bits per heavy atom. The van der Waals surface area contributed by atoms with Gasteiger partial charge in [0.15, 0.2) is 0 Å². The first kappa shape index (κ1) is 20.1. The molecule has 3 rings (SSSR count). The maximum Gasteiger partial charge on any atom is 0.416 e. The van der Waals surface area contributed by atoms with Crippen LogP contribution in [0.3, 0.4) is 0 Å². The molecule has 150 valence electrons. The Balaban J connectivity index is 2.00. The number of alkyl halides is 3. The number of benzene rings is 2. The summed E-state index contributed by atoms with van der Waals surface area (Å²) in [6.45, 7) is 1.52. The largest absolute Gasteiger partial charge is 0.456 e. The number of carbonyl (C=O) groups excluding carboxylic acids is 1. The van der Waals surface area contributed by atoms with Gasteiger partial charge in [-0.3, -0.25) is 10.0 Å². The predicted octanol–water partition coefficient (Wildman–Crippen LogP) is 4.12. The van der Waals surface area contributed by atoms with Crippen molar-refractivity contribution in [3.05, 3.63) is 77.4 Å². The van der Waals surface area contributed by atoms with Crippen molar-refractivity contribution >= 4 is 11.6 Å². The van der Waals surface area contributed by atoms with Crippen LogP contribution in [-0.2, 0) is 6.18 Å². The molecule has 2 aromatic carbocycles. The molecule has 0 bridgehead atoms. The second-order valence-corrected chi connectivity index (χ2v) is 6.01. The minimum absolute atomic E-state index is 0.0943. The molecule has 0 atom stereocenters. The third-order valence-electron chi connectivity index (χ3n) is 3.86. The number of halogens is 4. The fourth-order valence-corrected chi connectivity index (χ4v) is 2.47. The quantitative estimate of drug-likeness (QED) is 0.387. The minimum Gasteiger partial charge on any atom is -0.456 e. The molecule has 0 fully saturated rings. The van der Waals surface area contributed by atoms with E-state index in [1.807, 2.05) is 0 Å². The maximum atomic E-state index is 13.3. The Labute approximate surface area is 161 Å². The summed E-state index contributed by atoms with van der Waals surface area (Å²) >= 11 is 0. The predicted molar refractivity (Wildman–Crippen MR) is 92.2 cm³/mol. The van der Waals surface area contributed by atoms with Gasteiger partial charge in [-0.25, -0.2) is 4.39 Å². The zero-order valence-electron chi connectivity index (χ0n) is 14.9. The number of carbonyl (C=O) groups is 1. The highest BCUT2D eigenvalue weighted by atomic mass is 19.4. The number of nitrogens with zero attached hydrogens (tertiary/aromatic N) is 2.